The molecule has 0 unspecified atom stereocenters. The molecule has 0 spiro atoms. The van der Waals surface area contributed by atoms with Gasteiger partial charge in [0, 0.05) is 27.5 Å². The molecule has 1 aromatic heterocycles. The molecule has 0 saturated heterocycles. The van der Waals surface area contributed by atoms with Crippen LogP contribution in [0.2, 0.25) is 0 Å². The Morgan fingerprint density at radius 1 is 0.259 bits per heavy atom. The van der Waals surface area contributed by atoms with Crippen molar-refractivity contribution < 1.29 is 4.42 Å². The zero-order chi connectivity index (χ0) is 38.4. The highest BCUT2D eigenvalue weighted by molar-refractivity contribution is 6.14. The zero-order valence-corrected chi connectivity index (χ0v) is 31.7. The van der Waals surface area contributed by atoms with Crippen LogP contribution in [0, 0.1) is 0 Å². The summed E-state index contributed by atoms with van der Waals surface area (Å²) in [6.45, 7) is 0. The van der Waals surface area contributed by atoms with E-state index >= 15 is 0 Å². The van der Waals surface area contributed by atoms with E-state index in [0.29, 0.717) is 0 Å². The van der Waals surface area contributed by atoms with E-state index < -0.39 is 0 Å². The van der Waals surface area contributed by atoms with Crippen LogP contribution in [0.5, 0.6) is 0 Å². The number of hydrogen-bond donors (Lipinski definition) is 0. The smallest absolute Gasteiger partial charge is 0.135 e. The minimum absolute atomic E-state index is 0.897. The molecular weight excluding hydrogens is 703 g/mol. The summed E-state index contributed by atoms with van der Waals surface area (Å²) in [5.74, 6) is 0. The Morgan fingerprint density at radius 2 is 0.672 bits per heavy atom. The molecule has 58 heavy (non-hydrogen) atoms. The van der Waals surface area contributed by atoms with E-state index in [9.17, 15) is 0 Å². The number of fused-ring (bicyclic) bond motifs is 6. The molecule has 1 heterocycles. The zero-order valence-electron chi connectivity index (χ0n) is 31.7. The molecule has 0 atom stereocenters. The number of benzene rings is 10. The fraction of sp³-hybridized carbons (Fsp3) is 0. The van der Waals surface area contributed by atoms with Crippen LogP contribution in [0.15, 0.2) is 229 Å². The molecule has 272 valence electrons. The molecule has 0 aliphatic carbocycles. The van der Waals surface area contributed by atoms with Crippen LogP contribution in [0.25, 0.3) is 88.0 Å². The lowest BCUT2D eigenvalue weighted by atomic mass is 9.97. The van der Waals surface area contributed by atoms with Crippen molar-refractivity contribution in [3.63, 3.8) is 0 Å². The lowest BCUT2D eigenvalue weighted by molar-refractivity contribution is 0.669. The molecule has 11 rings (SSSR count). The van der Waals surface area contributed by atoms with Crippen LogP contribution in [0.3, 0.4) is 0 Å². The fourth-order valence-electron chi connectivity index (χ4n) is 8.53. The number of nitrogens with zero attached hydrogens (tertiary/aromatic N) is 1. The highest BCUT2D eigenvalue weighted by Crippen LogP contribution is 2.43. The maximum absolute atomic E-state index is 6.29. The largest absolute Gasteiger partial charge is 0.456 e. The standard InChI is InChI=1S/C56H37NO/c1-3-12-38(13-4-1)40-22-28-47(29-23-40)57(54-37-46-16-7-8-19-49(46)50-20-9-10-21-51(50)54)48-30-24-41(25-31-48)42-17-11-18-43(34-42)45-27-33-56-53(36-45)52-35-44(26-32-55(52)58-56)39-14-5-2-6-15-39/h1-37H. The highest BCUT2D eigenvalue weighted by atomic mass is 16.3. The van der Waals surface area contributed by atoms with Gasteiger partial charge in [-0.15, -0.1) is 0 Å². The Balaban J connectivity index is 0.979. The predicted molar refractivity (Wildman–Crippen MR) is 245 cm³/mol. The summed E-state index contributed by atoms with van der Waals surface area (Å²) in [5.41, 5.74) is 14.6. The first-order chi connectivity index (χ1) is 28.7. The molecule has 2 nitrogen and oxygen atoms in total. The van der Waals surface area contributed by atoms with Gasteiger partial charge in [-0.3, -0.25) is 0 Å². The topological polar surface area (TPSA) is 16.4 Å². The van der Waals surface area contributed by atoms with E-state index in [4.69, 9.17) is 4.42 Å². The molecule has 0 amide bonds. The monoisotopic (exact) mass is 739 g/mol. The van der Waals surface area contributed by atoms with Crippen LogP contribution in [-0.4, -0.2) is 0 Å². The molecule has 11 aromatic rings. The van der Waals surface area contributed by atoms with Crippen molar-refractivity contribution in [3.05, 3.63) is 224 Å². The SMILES string of the molecule is c1ccc(-c2ccc(N(c3ccc(-c4cccc(-c5ccc6oc7ccc(-c8ccccc8)cc7c6c5)c4)cc3)c3cc4ccccc4c4ccccc34)cc2)cc1. The number of furan rings is 1. The fourth-order valence-corrected chi connectivity index (χ4v) is 8.53. The summed E-state index contributed by atoms with van der Waals surface area (Å²) in [5, 5.41) is 7.18. The lowest BCUT2D eigenvalue weighted by Crippen LogP contribution is -2.10. The van der Waals surface area contributed by atoms with E-state index in [1.807, 2.05) is 0 Å². The average molecular weight is 740 g/mol. The molecule has 0 aliphatic rings. The van der Waals surface area contributed by atoms with Gasteiger partial charge in [0.15, 0.2) is 0 Å². The van der Waals surface area contributed by atoms with Gasteiger partial charge in [0.1, 0.15) is 11.2 Å². The number of hydrogen-bond acceptors (Lipinski definition) is 2. The van der Waals surface area contributed by atoms with E-state index in [1.165, 1.54) is 54.9 Å². The second kappa shape index (κ2) is 14.1. The summed E-state index contributed by atoms with van der Waals surface area (Å²) >= 11 is 0. The van der Waals surface area contributed by atoms with Gasteiger partial charge >= 0.3 is 0 Å². The molecule has 0 radical (unpaired) electrons. The molecule has 2 heteroatoms. The van der Waals surface area contributed by atoms with Crippen molar-refractivity contribution >= 4 is 60.5 Å². The van der Waals surface area contributed by atoms with Crippen molar-refractivity contribution in [2.75, 3.05) is 4.90 Å². The quantitative estimate of drug-likeness (QED) is 0.151. The van der Waals surface area contributed by atoms with Gasteiger partial charge < -0.3 is 9.32 Å². The Bertz CT molecular complexity index is 3250. The van der Waals surface area contributed by atoms with E-state index in [0.717, 1.165) is 50.1 Å². The first-order valence-corrected chi connectivity index (χ1v) is 19.8. The summed E-state index contributed by atoms with van der Waals surface area (Å²) in [6, 6.07) is 80.7. The van der Waals surface area contributed by atoms with Crippen molar-refractivity contribution in [2.24, 2.45) is 0 Å². The molecular formula is C56H37NO. The van der Waals surface area contributed by atoms with Crippen molar-refractivity contribution in [1.82, 2.24) is 0 Å². The van der Waals surface area contributed by atoms with E-state index in [-0.39, 0.29) is 0 Å². The lowest BCUT2D eigenvalue weighted by Gasteiger charge is -2.28. The summed E-state index contributed by atoms with van der Waals surface area (Å²) in [4.78, 5) is 2.40. The summed E-state index contributed by atoms with van der Waals surface area (Å²) < 4.78 is 6.29. The van der Waals surface area contributed by atoms with Crippen LogP contribution in [0.4, 0.5) is 17.1 Å². The number of rotatable bonds is 7. The van der Waals surface area contributed by atoms with Gasteiger partial charge in [-0.1, -0.05) is 164 Å². The van der Waals surface area contributed by atoms with Gasteiger partial charge in [-0.2, -0.15) is 0 Å². The molecule has 0 N–H and O–H groups in total. The normalized spacial score (nSPS) is 11.4. The number of anilines is 3. The van der Waals surface area contributed by atoms with Crippen molar-refractivity contribution in [3.8, 4) is 44.5 Å². The molecule has 10 aromatic carbocycles. The molecule has 0 bridgehead atoms. The van der Waals surface area contributed by atoms with Gasteiger partial charge in [0.2, 0.25) is 0 Å². The van der Waals surface area contributed by atoms with Crippen molar-refractivity contribution in [2.45, 2.75) is 0 Å². The first kappa shape index (κ1) is 33.6. The van der Waals surface area contributed by atoms with Crippen molar-refractivity contribution in [1.29, 1.82) is 0 Å². The minimum atomic E-state index is 0.897. The Kier molecular flexibility index (Phi) is 8.19. The maximum Gasteiger partial charge on any atom is 0.135 e. The van der Waals surface area contributed by atoms with Gasteiger partial charge in [-0.05, 0) is 121 Å². The maximum atomic E-state index is 6.29. The second-order valence-corrected chi connectivity index (χ2v) is 14.9. The average Bonchev–Trinajstić information content (AvgIpc) is 3.67. The predicted octanol–water partition coefficient (Wildman–Crippen LogP) is 16.0. The summed E-state index contributed by atoms with van der Waals surface area (Å²) in [7, 11) is 0. The second-order valence-electron chi connectivity index (χ2n) is 14.9. The third kappa shape index (κ3) is 6.00. The Hall–Kier alpha value is -7.68. The highest BCUT2D eigenvalue weighted by Gasteiger charge is 2.18. The Labute approximate surface area is 337 Å². The third-order valence-corrected chi connectivity index (χ3v) is 11.5. The first-order valence-electron chi connectivity index (χ1n) is 19.8. The van der Waals surface area contributed by atoms with Crippen LogP contribution in [0.1, 0.15) is 0 Å². The van der Waals surface area contributed by atoms with Gasteiger partial charge in [-0.25, -0.2) is 0 Å². The molecule has 0 fully saturated rings. The van der Waals surface area contributed by atoms with Crippen LogP contribution >= 0.6 is 0 Å². The third-order valence-electron chi connectivity index (χ3n) is 11.5. The Morgan fingerprint density at radius 3 is 1.29 bits per heavy atom. The van der Waals surface area contributed by atoms with Crippen LogP contribution in [-0.2, 0) is 0 Å². The minimum Gasteiger partial charge on any atom is -0.456 e. The molecule has 0 aliphatic heterocycles. The van der Waals surface area contributed by atoms with Crippen LogP contribution < -0.4 is 4.90 Å². The van der Waals surface area contributed by atoms with E-state index in [2.05, 4.69) is 229 Å². The molecule has 0 saturated carbocycles. The van der Waals surface area contributed by atoms with E-state index in [1.54, 1.807) is 0 Å². The van der Waals surface area contributed by atoms with Gasteiger partial charge in [0.05, 0.1) is 5.69 Å². The summed E-state index contributed by atoms with van der Waals surface area (Å²) in [6.07, 6.45) is 0. The van der Waals surface area contributed by atoms with Gasteiger partial charge in [0.25, 0.3) is 0 Å².